The van der Waals surface area contributed by atoms with Gasteiger partial charge < -0.3 is 11.5 Å². The quantitative estimate of drug-likeness (QED) is 0.720. The molecule has 1 amide bonds. The maximum Gasteiger partial charge on any atom is 0.250 e. The lowest BCUT2D eigenvalue weighted by atomic mass is 10.0. The third-order valence-corrected chi connectivity index (χ3v) is 4.29. The van der Waals surface area contributed by atoms with Crippen LogP contribution in [-0.4, -0.2) is 5.91 Å². The van der Waals surface area contributed by atoms with Crippen LogP contribution < -0.4 is 11.5 Å². The third-order valence-electron chi connectivity index (χ3n) is 3.33. The lowest BCUT2D eigenvalue weighted by Crippen LogP contribution is -2.10. The Morgan fingerprint density at radius 2 is 1.64 bits per heavy atom. The Hall–Kier alpha value is -2.66. The predicted octanol–water partition coefficient (Wildman–Crippen LogP) is 3.90. The highest BCUT2D eigenvalue weighted by atomic mass is 32.1. The number of rotatable bonds is 3. The van der Waals surface area contributed by atoms with Crippen LogP contribution in [0.1, 0.15) is 10.4 Å². The summed E-state index contributed by atoms with van der Waals surface area (Å²) in [6.07, 6.45) is 0. The van der Waals surface area contributed by atoms with Gasteiger partial charge in [-0.2, -0.15) is 0 Å². The van der Waals surface area contributed by atoms with Gasteiger partial charge in [-0.3, -0.25) is 4.79 Å². The molecule has 3 nitrogen and oxygen atoms in total. The van der Waals surface area contributed by atoms with E-state index in [0.717, 1.165) is 16.0 Å². The molecule has 4 N–H and O–H groups in total. The molecule has 0 atom stereocenters. The molecule has 0 aliphatic carbocycles. The van der Waals surface area contributed by atoms with Crippen LogP contribution in [0, 0.1) is 5.82 Å². The molecular weight excluding hydrogens is 299 g/mol. The molecule has 0 spiro atoms. The van der Waals surface area contributed by atoms with Gasteiger partial charge >= 0.3 is 0 Å². The number of carbonyl (C=O) groups excluding carboxylic acids is 1. The van der Waals surface area contributed by atoms with Gasteiger partial charge in [0, 0.05) is 10.6 Å². The van der Waals surface area contributed by atoms with Crippen molar-refractivity contribution in [1.29, 1.82) is 0 Å². The van der Waals surface area contributed by atoms with Crippen LogP contribution in [-0.2, 0) is 0 Å². The second-order valence-corrected chi connectivity index (χ2v) is 5.79. The highest BCUT2D eigenvalue weighted by molar-refractivity contribution is 7.14. The van der Waals surface area contributed by atoms with Crippen molar-refractivity contribution < 1.29 is 9.18 Å². The fraction of sp³-hybridized carbons (Fsp3) is 0. The minimum atomic E-state index is -0.446. The second kappa shape index (κ2) is 5.61. The molecule has 0 fully saturated rings. The molecule has 0 aliphatic rings. The summed E-state index contributed by atoms with van der Waals surface area (Å²) in [6, 6.07) is 13.7. The summed E-state index contributed by atoms with van der Waals surface area (Å²) in [5.41, 5.74) is 14.4. The topological polar surface area (TPSA) is 69.1 Å². The molecule has 2 aromatic carbocycles. The number of thiophene rings is 1. The van der Waals surface area contributed by atoms with Gasteiger partial charge in [-0.25, -0.2) is 4.39 Å². The first kappa shape index (κ1) is 14.3. The molecular formula is C17H13FN2OS. The number of benzene rings is 2. The first-order chi connectivity index (χ1) is 10.5. The van der Waals surface area contributed by atoms with Crippen molar-refractivity contribution in [1.82, 2.24) is 0 Å². The number of halogens is 1. The molecule has 5 heteroatoms. The van der Waals surface area contributed by atoms with Crippen molar-refractivity contribution in [2.75, 3.05) is 5.73 Å². The minimum absolute atomic E-state index is 0.367. The fourth-order valence-electron chi connectivity index (χ4n) is 2.32. The smallest absolute Gasteiger partial charge is 0.250 e. The normalized spacial score (nSPS) is 10.6. The number of nitrogen functional groups attached to an aromatic ring is 1. The zero-order valence-corrected chi connectivity index (χ0v) is 12.4. The summed E-state index contributed by atoms with van der Waals surface area (Å²) in [5, 5.41) is 1.83. The van der Waals surface area contributed by atoms with Crippen LogP contribution >= 0.6 is 11.3 Å². The lowest BCUT2D eigenvalue weighted by Gasteiger charge is -2.06. The molecule has 0 saturated carbocycles. The molecule has 0 bridgehead atoms. The maximum atomic E-state index is 13.4. The van der Waals surface area contributed by atoms with Gasteiger partial charge in [0.2, 0.25) is 5.91 Å². The number of carbonyl (C=O) groups is 1. The van der Waals surface area contributed by atoms with Crippen molar-refractivity contribution in [3.8, 4) is 21.6 Å². The van der Waals surface area contributed by atoms with Gasteiger partial charge in [-0.1, -0.05) is 24.3 Å². The van der Waals surface area contributed by atoms with Crippen LogP contribution in [0.25, 0.3) is 21.6 Å². The summed E-state index contributed by atoms with van der Waals surface area (Å²) >= 11 is 1.46. The summed E-state index contributed by atoms with van der Waals surface area (Å²) in [5.74, 6) is -0.813. The number of nitrogens with two attached hydrogens (primary N) is 2. The van der Waals surface area contributed by atoms with Crippen molar-refractivity contribution in [3.05, 3.63) is 65.3 Å². The Kier molecular flexibility index (Phi) is 3.65. The van der Waals surface area contributed by atoms with Crippen LogP contribution in [0.5, 0.6) is 0 Å². The van der Waals surface area contributed by atoms with Crippen molar-refractivity contribution >= 4 is 22.9 Å². The van der Waals surface area contributed by atoms with Gasteiger partial charge in [0.25, 0.3) is 0 Å². The molecule has 0 saturated heterocycles. The standard InChI is InChI=1S/C17H13FN2OS/c18-13-7-12(8-14(19)9-13)10-1-3-11(4-2-10)16-15(17(20)21)5-6-22-16/h1-9H,19H2,(H2,20,21). The average Bonchev–Trinajstić information content (AvgIpc) is 2.96. The Bertz CT molecular complexity index is 820. The van der Waals surface area contributed by atoms with Gasteiger partial charge in [0.15, 0.2) is 0 Å². The highest BCUT2D eigenvalue weighted by Crippen LogP contribution is 2.31. The zero-order chi connectivity index (χ0) is 15.7. The Labute approximate surface area is 131 Å². The largest absolute Gasteiger partial charge is 0.399 e. The number of anilines is 1. The minimum Gasteiger partial charge on any atom is -0.399 e. The SMILES string of the molecule is NC(=O)c1ccsc1-c1ccc(-c2cc(N)cc(F)c2)cc1. The number of hydrogen-bond acceptors (Lipinski definition) is 3. The molecule has 1 heterocycles. The monoisotopic (exact) mass is 312 g/mol. The van der Waals surface area contributed by atoms with Crippen molar-refractivity contribution in [2.24, 2.45) is 5.73 Å². The maximum absolute atomic E-state index is 13.4. The summed E-state index contributed by atoms with van der Waals surface area (Å²) in [6.45, 7) is 0. The van der Waals surface area contributed by atoms with Crippen LogP contribution in [0.15, 0.2) is 53.9 Å². The van der Waals surface area contributed by atoms with E-state index in [1.165, 1.54) is 23.5 Å². The zero-order valence-electron chi connectivity index (χ0n) is 11.5. The molecule has 0 aliphatic heterocycles. The Morgan fingerprint density at radius 3 is 2.27 bits per heavy atom. The fourth-order valence-corrected chi connectivity index (χ4v) is 3.23. The van der Waals surface area contributed by atoms with Gasteiger partial charge in [0.05, 0.1) is 5.56 Å². The van der Waals surface area contributed by atoms with Crippen LogP contribution in [0.2, 0.25) is 0 Å². The first-order valence-electron chi connectivity index (χ1n) is 6.59. The molecule has 1 aromatic heterocycles. The molecule has 22 heavy (non-hydrogen) atoms. The second-order valence-electron chi connectivity index (χ2n) is 4.88. The van der Waals surface area contributed by atoms with Gasteiger partial charge in [-0.05, 0) is 46.3 Å². The lowest BCUT2D eigenvalue weighted by molar-refractivity contribution is 0.100. The molecule has 110 valence electrons. The summed E-state index contributed by atoms with van der Waals surface area (Å²) < 4.78 is 13.4. The molecule has 3 rings (SSSR count). The van der Waals surface area contributed by atoms with E-state index >= 15 is 0 Å². The van der Waals surface area contributed by atoms with E-state index in [9.17, 15) is 9.18 Å². The summed E-state index contributed by atoms with van der Waals surface area (Å²) in [4.78, 5) is 12.2. The van der Waals surface area contributed by atoms with E-state index in [0.29, 0.717) is 16.8 Å². The van der Waals surface area contributed by atoms with E-state index in [4.69, 9.17) is 11.5 Å². The number of hydrogen-bond donors (Lipinski definition) is 2. The predicted molar refractivity (Wildman–Crippen MR) is 88.1 cm³/mol. The number of amides is 1. The van der Waals surface area contributed by atoms with E-state index in [-0.39, 0.29) is 5.82 Å². The Morgan fingerprint density at radius 1 is 0.955 bits per heavy atom. The first-order valence-corrected chi connectivity index (χ1v) is 7.47. The molecule has 0 radical (unpaired) electrons. The average molecular weight is 312 g/mol. The highest BCUT2D eigenvalue weighted by Gasteiger charge is 2.11. The van der Waals surface area contributed by atoms with Crippen LogP contribution in [0.3, 0.4) is 0 Å². The van der Waals surface area contributed by atoms with E-state index in [2.05, 4.69) is 0 Å². The van der Waals surface area contributed by atoms with Gasteiger partial charge in [-0.15, -0.1) is 11.3 Å². The Balaban J connectivity index is 1.99. The van der Waals surface area contributed by atoms with Crippen molar-refractivity contribution in [2.45, 2.75) is 0 Å². The molecule has 3 aromatic rings. The van der Waals surface area contributed by atoms with E-state index < -0.39 is 5.91 Å². The third kappa shape index (κ3) is 2.71. The van der Waals surface area contributed by atoms with E-state index in [1.807, 2.05) is 29.6 Å². The summed E-state index contributed by atoms with van der Waals surface area (Å²) in [7, 11) is 0. The van der Waals surface area contributed by atoms with E-state index in [1.54, 1.807) is 12.1 Å². The van der Waals surface area contributed by atoms with Gasteiger partial charge in [0.1, 0.15) is 5.82 Å². The molecule has 0 unspecified atom stereocenters. The van der Waals surface area contributed by atoms with Crippen LogP contribution in [0.4, 0.5) is 10.1 Å². The van der Waals surface area contributed by atoms with Crippen molar-refractivity contribution in [3.63, 3.8) is 0 Å². The number of primary amides is 1.